The lowest BCUT2D eigenvalue weighted by Gasteiger charge is -2.21. The van der Waals surface area contributed by atoms with E-state index in [1.807, 2.05) is 6.92 Å². The van der Waals surface area contributed by atoms with E-state index in [4.69, 9.17) is 0 Å². The number of nitrogens with zero attached hydrogens (tertiary/aromatic N) is 2. The monoisotopic (exact) mass is 251 g/mol. The Labute approximate surface area is 106 Å². The Kier molecular flexibility index (Phi) is 4.25. The minimum Gasteiger partial charge on any atom is -0.348 e. The summed E-state index contributed by atoms with van der Waals surface area (Å²) in [5.41, 5.74) is 0.00534. The van der Waals surface area contributed by atoms with Crippen LogP contribution in [0.4, 0.5) is 4.39 Å². The van der Waals surface area contributed by atoms with Crippen molar-refractivity contribution in [3.63, 3.8) is 0 Å². The molecule has 5 heteroatoms. The van der Waals surface area contributed by atoms with Gasteiger partial charge in [-0.2, -0.15) is 4.39 Å². The first-order chi connectivity index (χ1) is 8.66. The number of hydrogen-bond donors (Lipinski definition) is 1. The number of likely N-dealkylation sites (tertiary alicyclic amines) is 1. The van der Waals surface area contributed by atoms with Gasteiger partial charge >= 0.3 is 0 Å². The highest BCUT2D eigenvalue weighted by Crippen LogP contribution is 2.08. The third-order valence-corrected chi connectivity index (χ3v) is 3.11. The van der Waals surface area contributed by atoms with Crippen LogP contribution >= 0.6 is 0 Å². The number of aromatic nitrogens is 1. The first-order valence-electron chi connectivity index (χ1n) is 6.30. The standard InChI is InChI=1S/C13H18FN3O/c1-10(9-17-7-2-3-8-17)16-13(18)11-5-4-6-15-12(11)14/h4-6,10H,2-3,7-9H2,1H3,(H,16,18). The van der Waals surface area contributed by atoms with E-state index in [1.54, 1.807) is 6.07 Å². The van der Waals surface area contributed by atoms with Crippen LogP contribution < -0.4 is 5.32 Å². The average Bonchev–Trinajstić information content (AvgIpc) is 2.82. The van der Waals surface area contributed by atoms with E-state index in [2.05, 4.69) is 15.2 Å². The van der Waals surface area contributed by atoms with Gasteiger partial charge < -0.3 is 10.2 Å². The largest absolute Gasteiger partial charge is 0.348 e. The van der Waals surface area contributed by atoms with Crippen LogP contribution in [0.15, 0.2) is 18.3 Å². The molecule has 18 heavy (non-hydrogen) atoms. The fraction of sp³-hybridized carbons (Fsp3) is 0.538. The Bertz CT molecular complexity index is 418. The molecule has 1 saturated heterocycles. The number of rotatable bonds is 4. The van der Waals surface area contributed by atoms with Crippen LogP contribution in [0.25, 0.3) is 0 Å². The fourth-order valence-electron chi connectivity index (χ4n) is 2.26. The summed E-state index contributed by atoms with van der Waals surface area (Å²) in [6.45, 7) is 4.92. The van der Waals surface area contributed by atoms with Crippen LogP contribution in [-0.2, 0) is 0 Å². The number of hydrogen-bond acceptors (Lipinski definition) is 3. The molecule has 1 aliphatic heterocycles. The van der Waals surface area contributed by atoms with Crippen LogP contribution in [0.3, 0.4) is 0 Å². The Balaban J connectivity index is 1.88. The van der Waals surface area contributed by atoms with E-state index in [0.29, 0.717) is 0 Å². The molecule has 4 nitrogen and oxygen atoms in total. The molecule has 1 atom stereocenters. The molecule has 1 aromatic rings. The zero-order valence-corrected chi connectivity index (χ0v) is 10.5. The third-order valence-electron chi connectivity index (χ3n) is 3.11. The van der Waals surface area contributed by atoms with E-state index < -0.39 is 11.9 Å². The van der Waals surface area contributed by atoms with Gasteiger partial charge in [0, 0.05) is 18.8 Å². The van der Waals surface area contributed by atoms with Crippen LogP contribution in [0.5, 0.6) is 0 Å². The van der Waals surface area contributed by atoms with Gasteiger partial charge in [0.1, 0.15) is 0 Å². The highest BCUT2D eigenvalue weighted by atomic mass is 19.1. The van der Waals surface area contributed by atoms with Crippen molar-refractivity contribution in [1.29, 1.82) is 0 Å². The number of nitrogens with one attached hydrogen (secondary N) is 1. The van der Waals surface area contributed by atoms with Crippen molar-refractivity contribution in [2.24, 2.45) is 0 Å². The van der Waals surface area contributed by atoms with Gasteiger partial charge in [0.15, 0.2) is 0 Å². The molecule has 0 aliphatic carbocycles. The lowest BCUT2D eigenvalue weighted by Crippen LogP contribution is -2.41. The van der Waals surface area contributed by atoms with E-state index in [0.717, 1.165) is 19.6 Å². The number of pyridine rings is 1. The Morgan fingerprint density at radius 2 is 2.28 bits per heavy atom. The molecule has 1 unspecified atom stereocenters. The molecule has 2 heterocycles. The summed E-state index contributed by atoms with van der Waals surface area (Å²) < 4.78 is 13.3. The summed E-state index contributed by atoms with van der Waals surface area (Å²) in [7, 11) is 0. The van der Waals surface area contributed by atoms with Crippen molar-refractivity contribution < 1.29 is 9.18 Å². The summed E-state index contributed by atoms with van der Waals surface area (Å²) in [4.78, 5) is 17.6. The minimum absolute atomic E-state index is 0.00534. The molecule has 1 fully saturated rings. The highest BCUT2D eigenvalue weighted by molar-refractivity contribution is 5.94. The normalized spacial score (nSPS) is 17.7. The number of amides is 1. The van der Waals surface area contributed by atoms with Gasteiger partial charge in [-0.25, -0.2) is 4.98 Å². The molecule has 1 aromatic heterocycles. The second-order valence-electron chi connectivity index (χ2n) is 4.72. The predicted molar refractivity (Wildman–Crippen MR) is 66.8 cm³/mol. The van der Waals surface area contributed by atoms with Gasteiger partial charge in [0.25, 0.3) is 5.91 Å². The summed E-state index contributed by atoms with van der Waals surface area (Å²) >= 11 is 0. The van der Waals surface area contributed by atoms with Gasteiger partial charge in [0.2, 0.25) is 5.95 Å². The van der Waals surface area contributed by atoms with E-state index >= 15 is 0 Å². The fourth-order valence-corrected chi connectivity index (χ4v) is 2.26. The van der Waals surface area contributed by atoms with E-state index in [9.17, 15) is 9.18 Å². The van der Waals surface area contributed by atoms with Gasteiger partial charge in [0.05, 0.1) is 5.56 Å². The zero-order chi connectivity index (χ0) is 13.0. The Hall–Kier alpha value is -1.49. The van der Waals surface area contributed by atoms with Gasteiger partial charge in [-0.1, -0.05) is 0 Å². The van der Waals surface area contributed by atoms with Crippen molar-refractivity contribution in [3.05, 3.63) is 29.8 Å². The van der Waals surface area contributed by atoms with Gasteiger partial charge in [-0.05, 0) is 45.0 Å². The molecule has 98 valence electrons. The Morgan fingerprint density at radius 1 is 1.56 bits per heavy atom. The van der Waals surface area contributed by atoms with Gasteiger partial charge in [-0.15, -0.1) is 0 Å². The van der Waals surface area contributed by atoms with Crippen molar-refractivity contribution in [2.45, 2.75) is 25.8 Å². The maximum absolute atomic E-state index is 13.3. The smallest absolute Gasteiger partial charge is 0.256 e. The highest BCUT2D eigenvalue weighted by Gasteiger charge is 2.18. The van der Waals surface area contributed by atoms with Gasteiger partial charge in [-0.3, -0.25) is 4.79 Å². The Morgan fingerprint density at radius 3 is 2.94 bits per heavy atom. The first-order valence-corrected chi connectivity index (χ1v) is 6.30. The molecule has 0 radical (unpaired) electrons. The lowest BCUT2D eigenvalue weighted by atomic mass is 10.2. The maximum Gasteiger partial charge on any atom is 0.256 e. The predicted octanol–water partition coefficient (Wildman–Crippen LogP) is 1.43. The molecular formula is C13H18FN3O. The summed E-state index contributed by atoms with van der Waals surface area (Å²) in [6, 6.07) is 3.01. The van der Waals surface area contributed by atoms with Crippen molar-refractivity contribution >= 4 is 5.91 Å². The molecule has 0 bridgehead atoms. The number of carbonyl (C=O) groups is 1. The van der Waals surface area contributed by atoms with Crippen molar-refractivity contribution in [3.8, 4) is 0 Å². The third kappa shape index (κ3) is 3.26. The molecular weight excluding hydrogens is 233 g/mol. The minimum atomic E-state index is -0.719. The first kappa shape index (κ1) is 13.0. The maximum atomic E-state index is 13.3. The second-order valence-corrected chi connectivity index (χ2v) is 4.72. The van der Waals surface area contributed by atoms with E-state index in [-0.39, 0.29) is 11.6 Å². The van der Waals surface area contributed by atoms with Crippen LogP contribution in [-0.4, -0.2) is 41.5 Å². The summed E-state index contributed by atoms with van der Waals surface area (Å²) in [6.07, 6.45) is 3.77. The molecule has 0 spiro atoms. The summed E-state index contributed by atoms with van der Waals surface area (Å²) in [5.74, 6) is -1.12. The summed E-state index contributed by atoms with van der Waals surface area (Å²) in [5, 5.41) is 2.80. The molecule has 1 N–H and O–H groups in total. The quantitative estimate of drug-likeness (QED) is 0.823. The van der Waals surface area contributed by atoms with E-state index in [1.165, 1.54) is 25.1 Å². The topological polar surface area (TPSA) is 45.2 Å². The zero-order valence-electron chi connectivity index (χ0n) is 10.5. The second kappa shape index (κ2) is 5.91. The van der Waals surface area contributed by atoms with Crippen molar-refractivity contribution in [1.82, 2.24) is 15.2 Å². The SMILES string of the molecule is CC(CN1CCCC1)NC(=O)c1cccnc1F. The van der Waals surface area contributed by atoms with Crippen LogP contribution in [0.1, 0.15) is 30.1 Å². The molecule has 0 aromatic carbocycles. The van der Waals surface area contributed by atoms with Crippen molar-refractivity contribution in [2.75, 3.05) is 19.6 Å². The lowest BCUT2D eigenvalue weighted by molar-refractivity contribution is 0.0927. The molecule has 2 rings (SSSR count). The molecule has 0 saturated carbocycles. The molecule has 1 aliphatic rings. The number of carbonyl (C=O) groups excluding carboxylic acids is 1. The van der Waals surface area contributed by atoms with Crippen LogP contribution in [0, 0.1) is 5.95 Å². The van der Waals surface area contributed by atoms with Crippen LogP contribution in [0.2, 0.25) is 0 Å². The molecule has 1 amide bonds. The average molecular weight is 251 g/mol. The number of halogens is 1.